The Morgan fingerprint density at radius 1 is 0.833 bits per heavy atom. The lowest BCUT2D eigenvalue weighted by molar-refractivity contribution is 0.0218. The average Bonchev–Trinajstić information content (AvgIpc) is 2.53. The van der Waals surface area contributed by atoms with Crippen molar-refractivity contribution in [1.82, 2.24) is 5.32 Å². The number of fused-ring (bicyclic) bond motifs is 1. The van der Waals surface area contributed by atoms with Gasteiger partial charge in [-0.05, 0) is 18.8 Å². The van der Waals surface area contributed by atoms with Gasteiger partial charge in [-0.1, -0.05) is 58.3 Å². The summed E-state index contributed by atoms with van der Waals surface area (Å²) in [6, 6.07) is 0.620. The van der Waals surface area contributed by atoms with E-state index in [1.165, 1.54) is 64.2 Å². The Hall–Kier alpha value is -0.0800. The lowest BCUT2D eigenvalue weighted by atomic mass is 9.96. The predicted molar refractivity (Wildman–Crippen MR) is 76.9 cm³/mol. The first-order chi connectivity index (χ1) is 8.86. The number of hydrogen-bond donors (Lipinski definition) is 1. The Morgan fingerprint density at radius 2 is 1.44 bits per heavy atom. The van der Waals surface area contributed by atoms with Gasteiger partial charge in [-0.25, -0.2) is 0 Å². The van der Waals surface area contributed by atoms with E-state index in [1.54, 1.807) is 0 Å². The number of rotatable bonds is 0. The molecule has 0 aromatic heterocycles. The molecule has 3 unspecified atom stereocenters. The zero-order chi connectivity index (χ0) is 12.6. The van der Waals surface area contributed by atoms with E-state index in [0.29, 0.717) is 18.1 Å². The largest absolute Gasteiger partial charge is 0.376 e. The first kappa shape index (κ1) is 14.3. The van der Waals surface area contributed by atoms with Crippen molar-refractivity contribution in [3.8, 4) is 0 Å². The summed E-state index contributed by atoms with van der Waals surface area (Å²) in [5, 5.41) is 3.76. The zero-order valence-electron chi connectivity index (χ0n) is 12.1. The van der Waals surface area contributed by atoms with Crippen LogP contribution in [0.5, 0.6) is 0 Å². The molecule has 2 rings (SSSR count). The molecule has 2 fully saturated rings. The minimum Gasteiger partial charge on any atom is -0.376 e. The third kappa shape index (κ3) is 4.89. The van der Waals surface area contributed by atoms with Crippen LogP contribution in [0.15, 0.2) is 0 Å². The van der Waals surface area contributed by atoms with Crippen LogP contribution in [0.2, 0.25) is 0 Å². The maximum Gasteiger partial charge on any atom is 0.0728 e. The minimum absolute atomic E-state index is 0.481. The molecule has 0 radical (unpaired) electrons. The molecule has 0 amide bonds. The van der Waals surface area contributed by atoms with Crippen LogP contribution >= 0.6 is 0 Å². The molecule has 2 heteroatoms. The molecule has 3 atom stereocenters. The molecule has 1 saturated heterocycles. The highest BCUT2D eigenvalue weighted by Gasteiger charge is 2.25. The molecular formula is C16H31NO. The fourth-order valence-electron chi connectivity index (χ4n) is 3.29. The molecular weight excluding hydrogens is 222 g/mol. The molecule has 18 heavy (non-hydrogen) atoms. The summed E-state index contributed by atoms with van der Waals surface area (Å²) in [7, 11) is 0. The van der Waals surface area contributed by atoms with E-state index >= 15 is 0 Å². The molecule has 1 saturated carbocycles. The molecule has 2 aliphatic rings. The van der Waals surface area contributed by atoms with Crippen LogP contribution in [0.3, 0.4) is 0 Å². The van der Waals surface area contributed by atoms with E-state index in [-0.39, 0.29) is 0 Å². The average molecular weight is 253 g/mol. The van der Waals surface area contributed by atoms with Gasteiger partial charge in [0.1, 0.15) is 0 Å². The first-order valence-electron chi connectivity index (χ1n) is 8.21. The Labute approximate surface area is 113 Å². The number of ether oxygens (including phenoxy) is 1. The zero-order valence-corrected chi connectivity index (χ0v) is 12.1. The fraction of sp³-hybridized carbons (Fsp3) is 1.00. The van der Waals surface area contributed by atoms with Gasteiger partial charge in [0, 0.05) is 12.6 Å². The molecule has 0 spiro atoms. The van der Waals surface area contributed by atoms with E-state index in [9.17, 15) is 0 Å². The van der Waals surface area contributed by atoms with E-state index in [1.807, 2.05) is 0 Å². The van der Waals surface area contributed by atoms with Crippen LogP contribution in [-0.2, 0) is 4.74 Å². The first-order valence-corrected chi connectivity index (χ1v) is 8.21. The smallest absolute Gasteiger partial charge is 0.0728 e. The number of nitrogens with one attached hydrogen (secondary N) is 1. The summed E-state index contributed by atoms with van der Waals surface area (Å²) >= 11 is 0. The van der Waals surface area contributed by atoms with Crippen LogP contribution in [0.1, 0.15) is 71.1 Å². The highest BCUT2D eigenvalue weighted by Crippen LogP contribution is 2.21. The maximum absolute atomic E-state index is 6.16. The predicted octanol–water partition coefficient (Wildman–Crippen LogP) is 3.89. The third-order valence-electron chi connectivity index (χ3n) is 4.53. The third-order valence-corrected chi connectivity index (χ3v) is 4.53. The van der Waals surface area contributed by atoms with Gasteiger partial charge in [-0.15, -0.1) is 0 Å². The Balaban J connectivity index is 1.86. The van der Waals surface area contributed by atoms with Gasteiger partial charge in [-0.2, -0.15) is 0 Å². The van der Waals surface area contributed by atoms with Crippen molar-refractivity contribution in [3.63, 3.8) is 0 Å². The molecule has 2 nitrogen and oxygen atoms in total. The maximum atomic E-state index is 6.16. The van der Waals surface area contributed by atoms with Crippen molar-refractivity contribution in [2.75, 3.05) is 13.2 Å². The standard InChI is InChI=1S/C16H31NO/c1-14-12-17-15-10-8-6-4-2-3-5-7-9-11-16(15)18-13-14/h14-17H,2-13H2,1H3. The van der Waals surface area contributed by atoms with E-state index < -0.39 is 0 Å². The van der Waals surface area contributed by atoms with Gasteiger partial charge in [0.2, 0.25) is 0 Å². The van der Waals surface area contributed by atoms with Crippen molar-refractivity contribution in [3.05, 3.63) is 0 Å². The molecule has 0 aromatic rings. The molecule has 1 heterocycles. The van der Waals surface area contributed by atoms with Gasteiger partial charge in [0.25, 0.3) is 0 Å². The van der Waals surface area contributed by atoms with Crippen molar-refractivity contribution in [1.29, 1.82) is 0 Å². The fourth-order valence-corrected chi connectivity index (χ4v) is 3.29. The summed E-state index contributed by atoms with van der Waals surface area (Å²) in [5.74, 6) is 0.674. The van der Waals surface area contributed by atoms with Crippen molar-refractivity contribution < 1.29 is 4.74 Å². The summed E-state index contributed by atoms with van der Waals surface area (Å²) in [4.78, 5) is 0. The Morgan fingerprint density at radius 3 is 2.17 bits per heavy atom. The number of hydrogen-bond acceptors (Lipinski definition) is 2. The molecule has 1 aliphatic carbocycles. The molecule has 106 valence electrons. The minimum atomic E-state index is 0.481. The van der Waals surface area contributed by atoms with Gasteiger partial charge in [0.05, 0.1) is 12.7 Å². The van der Waals surface area contributed by atoms with Crippen molar-refractivity contribution >= 4 is 0 Å². The quantitative estimate of drug-likeness (QED) is 0.707. The van der Waals surface area contributed by atoms with Crippen LogP contribution in [-0.4, -0.2) is 25.3 Å². The van der Waals surface area contributed by atoms with E-state index in [2.05, 4.69) is 12.2 Å². The van der Waals surface area contributed by atoms with Crippen LogP contribution in [0.25, 0.3) is 0 Å². The van der Waals surface area contributed by atoms with Crippen molar-refractivity contribution in [2.24, 2.45) is 5.92 Å². The topological polar surface area (TPSA) is 21.3 Å². The molecule has 1 aliphatic heterocycles. The van der Waals surface area contributed by atoms with E-state index in [4.69, 9.17) is 4.74 Å². The van der Waals surface area contributed by atoms with Crippen LogP contribution in [0.4, 0.5) is 0 Å². The molecule has 0 bridgehead atoms. The second kappa shape index (κ2) is 8.16. The van der Waals surface area contributed by atoms with Gasteiger partial charge in [0.15, 0.2) is 0 Å². The lowest BCUT2D eigenvalue weighted by Crippen LogP contribution is -2.39. The van der Waals surface area contributed by atoms with Gasteiger partial charge < -0.3 is 10.1 Å². The molecule has 0 aromatic carbocycles. The normalized spacial score (nSPS) is 36.8. The summed E-state index contributed by atoms with van der Waals surface area (Å²) in [6.07, 6.45) is 14.4. The van der Waals surface area contributed by atoms with Gasteiger partial charge >= 0.3 is 0 Å². The summed E-state index contributed by atoms with van der Waals surface area (Å²) in [6.45, 7) is 4.38. The monoisotopic (exact) mass is 253 g/mol. The highest BCUT2D eigenvalue weighted by atomic mass is 16.5. The Bertz CT molecular complexity index is 197. The Kier molecular flexibility index (Phi) is 6.50. The highest BCUT2D eigenvalue weighted by molar-refractivity contribution is 4.81. The van der Waals surface area contributed by atoms with Crippen LogP contribution < -0.4 is 5.32 Å². The van der Waals surface area contributed by atoms with Crippen LogP contribution in [0, 0.1) is 5.92 Å². The second-order valence-electron chi connectivity index (χ2n) is 6.40. The SMILES string of the molecule is CC1CNC2CCCCCCCCCCC2OC1. The van der Waals surface area contributed by atoms with Crippen molar-refractivity contribution in [2.45, 2.75) is 83.3 Å². The summed E-state index contributed by atoms with van der Waals surface area (Å²) < 4.78 is 6.16. The van der Waals surface area contributed by atoms with E-state index in [0.717, 1.165) is 13.2 Å². The molecule has 1 N–H and O–H groups in total. The summed E-state index contributed by atoms with van der Waals surface area (Å²) in [5.41, 5.74) is 0. The van der Waals surface area contributed by atoms with Gasteiger partial charge in [-0.3, -0.25) is 0 Å². The lowest BCUT2D eigenvalue weighted by Gasteiger charge is -2.26. The second-order valence-corrected chi connectivity index (χ2v) is 6.40.